The van der Waals surface area contributed by atoms with Gasteiger partial charge in [0.25, 0.3) is 5.91 Å². The van der Waals surface area contributed by atoms with E-state index in [0.717, 1.165) is 5.56 Å². The third-order valence-electron chi connectivity index (χ3n) is 3.23. The zero-order chi connectivity index (χ0) is 17.4. The molecule has 2 rings (SSSR count). The minimum atomic E-state index is -0.333. The Labute approximate surface area is 139 Å². The smallest absolute Gasteiger partial charge is 0.251 e. The largest absolute Gasteiger partial charge is 0.492 e. The lowest BCUT2D eigenvalue weighted by atomic mass is 10.1. The zero-order valence-corrected chi connectivity index (χ0v) is 13.3. The maximum absolute atomic E-state index is 12.7. The summed E-state index contributed by atoms with van der Waals surface area (Å²) < 4.78 is 18.1. The normalized spacial score (nSPS) is 10.1. The summed E-state index contributed by atoms with van der Waals surface area (Å²) in [5.74, 6) is -0.413. The quantitative estimate of drug-likeness (QED) is 0.764. The van der Waals surface area contributed by atoms with E-state index in [1.807, 2.05) is 19.1 Å². The van der Waals surface area contributed by atoms with E-state index in [2.05, 4.69) is 10.6 Å². The Kier molecular flexibility index (Phi) is 6.31. The second-order valence-corrected chi connectivity index (χ2v) is 5.20. The Morgan fingerprint density at radius 3 is 2.33 bits per heavy atom. The van der Waals surface area contributed by atoms with Crippen LogP contribution in [0.5, 0.6) is 5.75 Å². The van der Waals surface area contributed by atoms with Crippen LogP contribution in [-0.2, 0) is 4.79 Å². The lowest BCUT2D eigenvalue weighted by Crippen LogP contribution is -2.38. The molecule has 0 aliphatic rings. The highest BCUT2D eigenvalue weighted by atomic mass is 19.1. The van der Waals surface area contributed by atoms with Gasteiger partial charge in [-0.1, -0.05) is 17.7 Å². The molecule has 2 amide bonds. The first-order chi connectivity index (χ1) is 11.5. The van der Waals surface area contributed by atoms with Gasteiger partial charge in [-0.3, -0.25) is 9.59 Å². The van der Waals surface area contributed by atoms with Gasteiger partial charge in [-0.25, -0.2) is 4.39 Å². The number of aryl methyl sites for hydroxylation is 1. The fraction of sp³-hybridized carbons (Fsp3) is 0.222. The lowest BCUT2D eigenvalue weighted by molar-refractivity contribution is -0.120. The molecule has 126 valence electrons. The van der Waals surface area contributed by atoms with Crippen molar-refractivity contribution in [2.45, 2.75) is 6.92 Å². The molecule has 0 saturated carbocycles. The Morgan fingerprint density at radius 1 is 1.00 bits per heavy atom. The van der Waals surface area contributed by atoms with Crippen LogP contribution in [-0.4, -0.2) is 31.5 Å². The highest BCUT2D eigenvalue weighted by molar-refractivity contribution is 5.96. The van der Waals surface area contributed by atoms with Gasteiger partial charge in [0.15, 0.2) is 0 Å². The molecule has 2 aromatic rings. The molecule has 0 fully saturated rings. The Balaban J connectivity index is 1.63. The highest BCUT2D eigenvalue weighted by Crippen LogP contribution is 2.10. The molecule has 0 spiro atoms. The molecule has 24 heavy (non-hydrogen) atoms. The first-order valence-corrected chi connectivity index (χ1v) is 7.54. The fourth-order valence-electron chi connectivity index (χ4n) is 1.92. The van der Waals surface area contributed by atoms with Gasteiger partial charge < -0.3 is 15.4 Å². The standard InChI is InChI=1S/C18H19FN2O3/c1-13-2-4-14(5-3-13)18(23)21-12-17(22)20-10-11-24-16-8-6-15(19)7-9-16/h2-9H,10-12H2,1H3,(H,20,22)(H,21,23). The van der Waals surface area contributed by atoms with E-state index in [-0.39, 0.29) is 37.3 Å². The number of nitrogens with one attached hydrogen (secondary N) is 2. The maximum atomic E-state index is 12.7. The SMILES string of the molecule is Cc1ccc(C(=O)NCC(=O)NCCOc2ccc(F)cc2)cc1. The van der Waals surface area contributed by atoms with Gasteiger partial charge in [0.05, 0.1) is 13.1 Å². The summed E-state index contributed by atoms with van der Waals surface area (Å²) in [4.78, 5) is 23.5. The topological polar surface area (TPSA) is 67.4 Å². The maximum Gasteiger partial charge on any atom is 0.251 e. The van der Waals surface area contributed by atoms with Gasteiger partial charge in [0.2, 0.25) is 5.91 Å². The molecule has 0 atom stereocenters. The van der Waals surface area contributed by atoms with Crippen LogP contribution >= 0.6 is 0 Å². The van der Waals surface area contributed by atoms with Crippen molar-refractivity contribution in [3.8, 4) is 5.75 Å². The molecule has 2 aromatic carbocycles. The van der Waals surface area contributed by atoms with Crippen molar-refractivity contribution in [3.05, 3.63) is 65.5 Å². The lowest BCUT2D eigenvalue weighted by Gasteiger charge is -2.09. The number of carbonyl (C=O) groups excluding carboxylic acids is 2. The molecule has 0 unspecified atom stereocenters. The predicted molar refractivity (Wildman–Crippen MR) is 88.4 cm³/mol. The van der Waals surface area contributed by atoms with E-state index in [1.54, 1.807) is 12.1 Å². The fourth-order valence-corrected chi connectivity index (χ4v) is 1.92. The number of ether oxygens (including phenoxy) is 1. The number of hydrogen-bond acceptors (Lipinski definition) is 3. The third-order valence-corrected chi connectivity index (χ3v) is 3.23. The van der Waals surface area contributed by atoms with Crippen molar-refractivity contribution in [3.63, 3.8) is 0 Å². The Hall–Kier alpha value is -2.89. The second kappa shape index (κ2) is 8.67. The average Bonchev–Trinajstić information content (AvgIpc) is 2.59. The molecule has 5 nitrogen and oxygen atoms in total. The first kappa shape index (κ1) is 17.5. The Morgan fingerprint density at radius 2 is 1.67 bits per heavy atom. The summed E-state index contributed by atoms with van der Waals surface area (Å²) in [6.07, 6.45) is 0. The van der Waals surface area contributed by atoms with Gasteiger partial charge in [0.1, 0.15) is 18.2 Å². The van der Waals surface area contributed by atoms with Crippen LogP contribution < -0.4 is 15.4 Å². The van der Waals surface area contributed by atoms with Gasteiger partial charge >= 0.3 is 0 Å². The van der Waals surface area contributed by atoms with E-state index in [1.165, 1.54) is 24.3 Å². The number of amides is 2. The van der Waals surface area contributed by atoms with Crippen molar-refractivity contribution < 1.29 is 18.7 Å². The van der Waals surface area contributed by atoms with Crippen molar-refractivity contribution >= 4 is 11.8 Å². The van der Waals surface area contributed by atoms with E-state index in [0.29, 0.717) is 11.3 Å². The second-order valence-electron chi connectivity index (χ2n) is 5.20. The molecular formula is C18H19FN2O3. The van der Waals surface area contributed by atoms with Gasteiger partial charge in [-0.05, 0) is 43.3 Å². The van der Waals surface area contributed by atoms with Crippen LogP contribution in [0, 0.1) is 12.7 Å². The predicted octanol–water partition coefficient (Wildman–Crippen LogP) is 2.06. The molecular weight excluding hydrogens is 311 g/mol. The third kappa shape index (κ3) is 5.72. The van der Waals surface area contributed by atoms with Crippen molar-refractivity contribution in [1.29, 1.82) is 0 Å². The Bertz CT molecular complexity index is 684. The van der Waals surface area contributed by atoms with Crippen LogP contribution in [0.15, 0.2) is 48.5 Å². The van der Waals surface area contributed by atoms with Crippen LogP contribution in [0.1, 0.15) is 15.9 Å². The molecule has 0 aliphatic heterocycles. The van der Waals surface area contributed by atoms with Crippen molar-refractivity contribution in [1.82, 2.24) is 10.6 Å². The summed E-state index contributed by atoms with van der Waals surface area (Å²) in [6.45, 7) is 2.37. The molecule has 6 heteroatoms. The minimum absolute atomic E-state index is 0.108. The molecule has 2 N–H and O–H groups in total. The molecule has 0 aliphatic carbocycles. The summed E-state index contributed by atoms with van der Waals surface area (Å²) in [5.41, 5.74) is 1.57. The van der Waals surface area contributed by atoms with Crippen LogP contribution in [0.25, 0.3) is 0 Å². The van der Waals surface area contributed by atoms with E-state index >= 15 is 0 Å². The van der Waals surface area contributed by atoms with Crippen LogP contribution in [0.4, 0.5) is 4.39 Å². The summed E-state index contributed by atoms with van der Waals surface area (Å²) in [6, 6.07) is 12.7. The number of benzene rings is 2. The summed E-state index contributed by atoms with van der Waals surface area (Å²) >= 11 is 0. The van der Waals surface area contributed by atoms with Crippen molar-refractivity contribution in [2.75, 3.05) is 19.7 Å². The summed E-state index contributed by atoms with van der Waals surface area (Å²) in [7, 11) is 0. The van der Waals surface area contributed by atoms with Gasteiger partial charge in [-0.2, -0.15) is 0 Å². The van der Waals surface area contributed by atoms with E-state index in [9.17, 15) is 14.0 Å². The number of halogens is 1. The molecule has 0 saturated heterocycles. The number of carbonyl (C=O) groups is 2. The monoisotopic (exact) mass is 330 g/mol. The average molecular weight is 330 g/mol. The molecule has 0 aromatic heterocycles. The number of rotatable bonds is 7. The van der Waals surface area contributed by atoms with E-state index < -0.39 is 0 Å². The molecule has 0 bridgehead atoms. The van der Waals surface area contributed by atoms with Crippen LogP contribution in [0.2, 0.25) is 0 Å². The number of hydrogen-bond donors (Lipinski definition) is 2. The van der Waals surface area contributed by atoms with Gasteiger partial charge in [-0.15, -0.1) is 0 Å². The highest BCUT2D eigenvalue weighted by Gasteiger charge is 2.07. The van der Waals surface area contributed by atoms with Crippen LogP contribution in [0.3, 0.4) is 0 Å². The van der Waals surface area contributed by atoms with Crippen molar-refractivity contribution in [2.24, 2.45) is 0 Å². The molecule has 0 heterocycles. The molecule has 0 radical (unpaired) electrons. The zero-order valence-electron chi connectivity index (χ0n) is 13.3. The van der Waals surface area contributed by atoms with Gasteiger partial charge in [0, 0.05) is 5.56 Å². The first-order valence-electron chi connectivity index (χ1n) is 7.54. The summed E-state index contributed by atoms with van der Waals surface area (Å²) in [5, 5.41) is 5.18. The minimum Gasteiger partial charge on any atom is -0.492 e. The van der Waals surface area contributed by atoms with E-state index in [4.69, 9.17) is 4.74 Å².